The van der Waals surface area contributed by atoms with Crippen molar-refractivity contribution in [3.63, 3.8) is 0 Å². The minimum atomic E-state index is -2.34. The first-order chi connectivity index (χ1) is 15.7. The zero-order valence-electron chi connectivity index (χ0n) is 18.1. The number of hydrogen-bond donors (Lipinski definition) is 0. The fourth-order valence-electron chi connectivity index (χ4n) is 4.69. The summed E-state index contributed by atoms with van der Waals surface area (Å²) in [6.45, 7) is 5.22. The van der Waals surface area contributed by atoms with Crippen molar-refractivity contribution in [1.29, 1.82) is 0 Å². The highest BCUT2D eigenvalue weighted by atomic mass is 32.4. The van der Waals surface area contributed by atoms with Crippen molar-refractivity contribution in [2.75, 3.05) is 26.3 Å². The van der Waals surface area contributed by atoms with Crippen molar-refractivity contribution in [2.45, 2.75) is 25.8 Å². The van der Waals surface area contributed by atoms with Crippen molar-refractivity contribution >= 4 is 35.1 Å². The number of aromatic nitrogens is 2. The molecule has 0 N–H and O–H groups in total. The van der Waals surface area contributed by atoms with Gasteiger partial charge in [0.25, 0.3) is 0 Å². The number of morpholine rings is 1. The number of benzene rings is 2. The molecule has 0 amide bonds. The number of rotatable bonds is 4. The van der Waals surface area contributed by atoms with Gasteiger partial charge >= 0.3 is 0 Å². The lowest BCUT2D eigenvalue weighted by molar-refractivity contribution is 0.0735. The Bertz CT molecular complexity index is 1220. The van der Waals surface area contributed by atoms with Crippen LogP contribution < -0.4 is 5.30 Å². The Morgan fingerprint density at radius 2 is 1.62 bits per heavy atom. The zero-order chi connectivity index (χ0) is 21.7. The number of para-hydroxylation sites is 1. The van der Waals surface area contributed by atoms with Crippen LogP contribution in [0.4, 0.5) is 5.82 Å². The van der Waals surface area contributed by atoms with Gasteiger partial charge in [-0.05, 0) is 31.9 Å². The molecule has 2 fully saturated rings. The quantitative estimate of drug-likeness (QED) is 0.548. The molecule has 0 bridgehead atoms. The number of fused-ring (bicyclic) bond motifs is 1. The summed E-state index contributed by atoms with van der Waals surface area (Å²) < 4.78 is 12.7. The highest BCUT2D eigenvalue weighted by Gasteiger charge is 2.50. The van der Waals surface area contributed by atoms with E-state index in [9.17, 15) is 0 Å². The molecule has 3 heterocycles. The molecule has 6 nitrogen and oxygen atoms in total. The number of ether oxygens (including phenoxy) is 1. The van der Waals surface area contributed by atoms with Gasteiger partial charge in [0.1, 0.15) is 12.2 Å². The van der Waals surface area contributed by atoms with Crippen molar-refractivity contribution in [3.05, 3.63) is 71.9 Å². The molecule has 1 saturated carbocycles. The van der Waals surface area contributed by atoms with Crippen LogP contribution in [0.1, 0.15) is 24.1 Å². The summed E-state index contributed by atoms with van der Waals surface area (Å²) in [4.78, 5) is 5.29. The fraction of sp³-hybridized carbons (Fsp3) is 0.333. The van der Waals surface area contributed by atoms with Gasteiger partial charge in [0.15, 0.2) is 5.82 Å². The monoisotopic (exact) mass is 463 g/mol. The van der Waals surface area contributed by atoms with Crippen LogP contribution in [0.15, 0.2) is 65.7 Å². The molecule has 0 radical (unpaired) electrons. The summed E-state index contributed by atoms with van der Waals surface area (Å²) in [7, 11) is 0. The van der Waals surface area contributed by atoms with Gasteiger partial charge in [-0.3, -0.25) is 4.67 Å². The van der Waals surface area contributed by atoms with Crippen LogP contribution in [0.2, 0.25) is 0 Å². The van der Waals surface area contributed by atoms with Gasteiger partial charge in [-0.2, -0.15) is 5.10 Å². The predicted octanol–water partition coefficient (Wildman–Crippen LogP) is 4.00. The molecule has 0 spiro atoms. The van der Waals surface area contributed by atoms with Crippen molar-refractivity contribution in [2.24, 2.45) is 4.99 Å². The Kier molecular flexibility index (Phi) is 5.03. The van der Waals surface area contributed by atoms with Gasteiger partial charge < -0.3 is 9.41 Å². The molecule has 2 aromatic carbocycles. The molecule has 1 saturated heterocycles. The molecule has 164 valence electrons. The Labute approximate surface area is 193 Å². The topological polar surface area (TPSA) is 45.9 Å². The van der Waals surface area contributed by atoms with E-state index in [-0.39, 0.29) is 0 Å². The van der Waals surface area contributed by atoms with E-state index >= 15 is 0 Å². The van der Waals surface area contributed by atoms with Gasteiger partial charge in [0.05, 0.1) is 29.9 Å². The summed E-state index contributed by atoms with van der Waals surface area (Å²) in [5.41, 5.74) is 3.11. The first-order valence-corrected chi connectivity index (χ1v) is 13.9. The lowest BCUT2D eigenvalue weighted by atomic mass is 10.2. The highest BCUT2D eigenvalue weighted by molar-refractivity contribution is 8.16. The fourth-order valence-corrected chi connectivity index (χ4v) is 9.89. The molecule has 1 atom stereocenters. The van der Waals surface area contributed by atoms with Gasteiger partial charge in [-0.25, -0.2) is 9.67 Å². The van der Waals surface area contributed by atoms with Gasteiger partial charge in [0, 0.05) is 24.7 Å². The SMILES string of the molecule is Cc1nn(-c2ccccc2)c2c1P(=S)(N1CCOCC1)N(C1CC1)C(c1ccccc1)=N2. The Hall–Kier alpha value is -2.31. The second-order valence-electron chi connectivity index (χ2n) is 8.49. The van der Waals surface area contributed by atoms with E-state index in [0.29, 0.717) is 6.04 Å². The lowest BCUT2D eigenvalue weighted by Crippen LogP contribution is -2.47. The van der Waals surface area contributed by atoms with E-state index in [1.54, 1.807) is 0 Å². The van der Waals surface area contributed by atoms with Crippen LogP contribution in [-0.4, -0.2) is 57.3 Å². The van der Waals surface area contributed by atoms with Gasteiger partial charge in [-0.15, -0.1) is 0 Å². The van der Waals surface area contributed by atoms with Crippen LogP contribution in [0, 0.1) is 6.92 Å². The zero-order valence-corrected chi connectivity index (χ0v) is 19.8. The van der Waals surface area contributed by atoms with Crippen molar-refractivity contribution in [3.8, 4) is 5.69 Å². The maximum absolute atomic E-state index is 6.77. The molecule has 1 aliphatic carbocycles. The number of hydrogen-bond acceptors (Lipinski definition) is 4. The average molecular weight is 464 g/mol. The van der Waals surface area contributed by atoms with Crippen LogP contribution in [-0.2, 0) is 16.5 Å². The first-order valence-electron chi connectivity index (χ1n) is 11.2. The predicted molar refractivity (Wildman–Crippen MR) is 132 cm³/mol. The van der Waals surface area contributed by atoms with Gasteiger partial charge in [-0.1, -0.05) is 60.3 Å². The third kappa shape index (κ3) is 3.19. The highest BCUT2D eigenvalue weighted by Crippen LogP contribution is 2.62. The summed E-state index contributed by atoms with van der Waals surface area (Å²) in [6, 6.07) is 21.2. The maximum Gasteiger partial charge on any atom is 0.169 e. The van der Waals surface area contributed by atoms with Gasteiger partial charge in [0.2, 0.25) is 0 Å². The van der Waals surface area contributed by atoms with E-state index in [2.05, 4.69) is 58.7 Å². The normalized spacial score (nSPS) is 23.7. The number of aliphatic imine (C=N–C) groups is 1. The van der Waals surface area contributed by atoms with Crippen molar-refractivity contribution < 1.29 is 4.74 Å². The standard InChI is InChI=1S/C24H26N5OPS/c1-18-22-24(28(26-18)20-10-6-3-7-11-20)25-23(19-8-4-2-5-9-19)29(21-12-13-21)31(22,32)27-14-16-30-17-15-27/h2-11,21H,12-17H2,1H3. The van der Waals surface area contributed by atoms with E-state index in [0.717, 1.165) is 73.0 Å². The summed E-state index contributed by atoms with van der Waals surface area (Å²) in [5, 5.41) is 6.12. The van der Waals surface area contributed by atoms with E-state index in [1.165, 1.54) is 0 Å². The molecule has 1 unspecified atom stereocenters. The van der Waals surface area contributed by atoms with Crippen LogP contribution in [0.5, 0.6) is 0 Å². The van der Waals surface area contributed by atoms with Crippen LogP contribution >= 0.6 is 6.34 Å². The van der Waals surface area contributed by atoms with Crippen molar-refractivity contribution in [1.82, 2.24) is 19.1 Å². The maximum atomic E-state index is 6.77. The molecule has 1 aromatic heterocycles. The Balaban J connectivity index is 1.63. The number of nitrogens with zero attached hydrogens (tertiary/aromatic N) is 5. The van der Waals surface area contributed by atoms with E-state index < -0.39 is 6.34 Å². The number of amidine groups is 1. The largest absolute Gasteiger partial charge is 0.379 e. The van der Waals surface area contributed by atoms with Crippen LogP contribution in [0.3, 0.4) is 0 Å². The minimum Gasteiger partial charge on any atom is -0.379 e. The molecule has 3 aromatic rings. The Morgan fingerprint density at radius 3 is 2.28 bits per heavy atom. The third-order valence-electron chi connectivity index (χ3n) is 6.31. The summed E-state index contributed by atoms with van der Waals surface area (Å²) >= 11 is 6.77. The van der Waals surface area contributed by atoms with Crippen LogP contribution in [0.25, 0.3) is 5.69 Å². The third-order valence-corrected chi connectivity index (χ3v) is 11.5. The number of aryl methyl sites for hydroxylation is 1. The summed E-state index contributed by atoms with van der Waals surface area (Å²) in [6.07, 6.45) is -0.0106. The average Bonchev–Trinajstić information content (AvgIpc) is 3.62. The second-order valence-corrected chi connectivity index (χ2v) is 12.6. The summed E-state index contributed by atoms with van der Waals surface area (Å²) in [5.74, 6) is 1.88. The molecule has 6 rings (SSSR count). The second kappa shape index (κ2) is 7.92. The smallest absolute Gasteiger partial charge is 0.169 e. The molecule has 32 heavy (non-hydrogen) atoms. The van der Waals surface area contributed by atoms with E-state index in [4.69, 9.17) is 26.6 Å². The Morgan fingerprint density at radius 1 is 0.969 bits per heavy atom. The lowest BCUT2D eigenvalue weighted by Gasteiger charge is -2.47. The molecule has 2 aliphatic heterocycles. The first kappa shape index (κ1) is 20.3. The van der Waals surface area contributed by atoms with E-state index in [1.807, 2.05) is 22.9 Å². The molecule has 3 aliphatic rings. The molecular formula is C24H26N5OPS. The minimum absolute atomic E-state index is 0.440. The molecule has 8 heteroatoms. The molecular weight excluding hydrogens is 437 g/mol.